The summed E-state index contributed by atoms with van der Waals surface area (Å²) in [4.78, 5) is 23.7. The van der Waals surface area contributed by atoms with Gasteiger partial charge >= 0.3 is 0 Å². The predicted molar refractivity (Wildman–Crippen MR) is 64.0 cm³/mol. The van der Waals surface area contributed by atoms with Crippen molar-refractivity contribution < 1.29 is 0 Å². The molecule has 2 aromatic heterocycles. The Labute approximate surface area is 97.8 Å². The highest BCUT2D eigenvalue weighted by Gasteiger charge is 2.47. The van der Waals surface area contributed by atoms with Crippen LogP contribution in [0.25, 0.3) is 0 Å². The maximum absolute atomic E-state index is 11.8. The lowest BCUT2D eigenvalue weighted by atomic mass is 10.3. The van der Waals surface area contributed by atoms with Crippen LogP contribution in [0.15, 0.2) is 58.4 Å². The first kappa shape index (κ1) is 10.1. The van der Waals surface area contributed by atoms with Gasteiger partial charge in [0.2, 0.25) is 0 Å². The van der Waals surface area contributed by atoms with Crippen LogP contribution in [0, 0.1) is 0 Å². The monoisotopic (exact) mass is 228 g/mol. The molecule has 0 unspecified atom stereocenters. The average molecular weight is 228 g/mol. The number of aromatic nitrogens is 2. The van der Waals surface area contributed by atoms with Crippen molar-refractivity contribution in [2.45, 2.75) is 18.5 Å². The predicted octanol–water partition coefficient (Wildman–Crippen LogP) is 1.00. The lowest BCUT2D eigenvalue weighted by Gasteiger charge is -2.21. The second-order valence-electron chi connectivity index (χ2n) is 4.30. The molecule has 0 amide bonds. The van der Waals surface area contributed by atoms with Gasteiger partial charge in [-0.1, -0.05) is 12.1 Å². The molecule has 0 atom stereocenters. The maximum Gasteiger partial charge on any atom is 0.252 e. The van der Waals surface area contributed by atoms with Crippen LogP contribution < -0.4 is 11.1 Å². The van der Waals surface area contributed by atoms with Crippen molar-refractivity contribution in [3.63, 3.8) is 0 Å². The summed E-state index contributed by atoms with van der Waals surface area (Å²) in [6, 6.07) is 10.1. The van der Waals surface area contributed by atoms with E-state index < -0.39 is 5.66 Å². The molecule has 0 saturated heterocycles. The summed E-state index contributed by atoms with van der Waals surface area (Å²) >= 11 is 0. The van der Waals surface area contributed by atoms with Crippen molar-refractivity contribution in [3.05, 3.63) is 69.5 Å². The van der Waals surface area contributed by atoms with E-state index >= 15 is 0 Å². The van der Waals surface area contributed by atoms with E-state index in [4.69, 9.17) is 0 Å². The number of hydrogen-bond donors (Lipinski definition) is 0. The van der Waals surface area contributed by atoms with Crippen molar-refractivity contribution in [3.8, 4) is 0 Å². The molecule has 1 fully saturated rings. The molecule has 0 aromatic carbocycles. The first-order valence-electron chi connectivity index (χ1n) is 5.60. The summed E-state index contributed by atoms with van der Waals surface area (Å²) in [6.07, 6.45) is 5.13. The summed E-state index contributed by atoms with van der Waals surface area (Å²) in [5.74, 6) is 0. The quantitative estimate of drug-likeness (QED) is 0.769. The van der Waals surface area contributed by atoms with E-state index in [1.165, 1.54) is 12.1 Å². The second-order valence-corrected chi connectivity index (χ2v) is 4.30. The van der Waals surface area contributed by atoms with Gasteiger partial charge in [0.15, 0.2) is 0 Å². The molecule has 0 N–H and O–H groups in total. The van der Waals surface area contributed by atoms with Gasteiger partial charge in [0, 0.05) is 24.5 Å². The molecule has 2 aromatic rings. The van der Waals surface area contributed by atoms with E-state index in [9.17, 15) is 9.59 Å². The van der Waals surface area contributed by atoms with Crippen LogP contribution in [0.5, 0.6) is 0 Å². The molecule has 1 aliphatic rings. The third-order valence-electron chi connectivity index (χ3n) is 3.24. The van der Waals surface area contributed by atoms with Gasteiger partial charge in [-0.15, -0.1) is 0 Å². The van der Waals surface area contributed by atoms with Crippen molar-refractivity contribution in [1.82, 2.24) is 9.13 Å². The molecule has 0 aliphatic heterocycles. The number of pyridine rings is 2. The number of nitrogens with zero attached hydrogens (tertiary/aromatic N) is 2. The fraction of sp³-hybridized carbons (Fsp3) is 0.231. The van der Waals surface area contributed by atoms with Crippen LogP contribution in [0.4, 0.5) is 0 Å². The smallest absolute Gasteiger partial charge is 0.252 e. The summed E-state index contributed by atoms with van der Waals surface area (Å²) < 4.78 is 3.29. The van der Waals surface area contributed by atoms with Crippen molar-refractivity contribution in [1.29, 1.82) is 0 Å². The van der Waals surface area contributed by atoms with Crippen LogP contribution >= 0.6 is 0 Å². The Morgan fingerprint density at radius 3 is 1.65 bits per heavy atom. The fourth-order valence-corrected chi connectivity index (χ4v) is 2.25. The highest BCUT2D eigenvalue weighted by atomic mass is 16.1. The molecule has 2 heterocycles. The summed E-state index contributed by atoms with van der Waals surface area (Å²) in [5, 5.41) is 0. The fourth-order valence-electron chi connectivity index (χ4n) is 2.25. The van der Waals surface area contributed by atoms with Crippen molar-refractivity contribution in [2.24, 2.45) is 0 Å². The zero-order valence-corrected chi connectivity index (χ0v) is 9.24. The van der Waals surface area contributed by atoms with Gasteiger partial charge in [-0.3, -0.25) is 18.7 Å². The minimum absolute atomic E-state index is 0.0687. The Bertz CT molecular complexity index is 610. The Balaban J connectivity index is 2.22. The van der Waals surface area contributed by atoms with Crippen LogP contribution in [0.3, 0.4) is 0 Å². The number of hydrogen-bond acceptors (Lipinski definition) is 2. The molecule has 0 spiro atoms. The molecule has 1 aliphatic carbocycles. The van der Waals surface area contributed by atoms with Crippen molar-refractivity contribution >= 4 is 0 Å². The standard InChI is InChI=1S/C13H12N2O2/c16-11-5-1-3-9-14(11)13(7-8-13)15-10-4-2-6-12(15)17/h1-6,9-10H,7-8H2. The Hall–Kier alpha value is -2.10. The third kappa shape index (κ3) is 1.45. The second kappa shape index (κ2) is 3.45. The topological polar surface area (TPSA) is 44.0 Å². The molecule has 0 radical (unpaired) electrons. The molecule has 4 heteroatoms. The van der Waals surface area contributed by atoms with Gasteiger partial charge in [0.1, 0.15) is 5.66 Å². The Kier molecular flexibility index (Phi) is 2.04. The van der Waals surface area contributed by atoms with Gasteiger partial charge in [-0.2, -0.15) is 0 Å². The lowest BCUT2D eigenvalue weighted by Crippen LogP contribution is -2.40. The van der Waals surface area contributed by atoms with Crippen LogP contribution in [-0.4, -0.2) is 9.13 Å². The highest BCUT2D eigenvalue weighted by Crippen LogP contribution is 2.42. The van der Waals surface area contributed by atoms with Gasteiger partial charge in [0.05, 0.1) is 0 Å². The van der Waals surface area contributed by atoms with Gasteiger partial charge < -0.3 is 0 Å². The van der Waals surface area contributed by atoms with E-state index in [0.29, 0.717) is 0 Å². The summed E-state index contributed by atoms with van der Waals surface area (Å²) in [5.41, 5.74) is -0.613. The molecule has 4 nitrogen and oxygen atoms in total. The van der Waals surface area contributed by atoms with E-state index in [1.54, 1.807) is 33.7 Å². The minimum Gasteiger partial charge on any atom is -0.291 e. The largest absolute Gasteiger partial charge is 0.291 e. The Morgan fingerprint density at radius 2 is 1.29 bits per heavy atom. The average Bonchev–Trinajstić information content (AvgIpc) is 3.11. The maximum atomic E-state index is 11.8. The zero-order chi connectivity index (χ0) is 11.9. The van der Waals surface area contributed by atoms with E-state index in [2.05, 4.69) is 0 Å². The molecule has 1 saturated carbocycles. The van der Waals surface area contributed by atoms with Crippen LogP contribution in [-0.2, 0) is 5.66 Å². The van der Waals surface area contributed by atoms with E-state index in [-0.39, 0.29) is 11.1 Å². The molecule has 3 rings (SSSR count). The summed E-state index contributed by atoms with van der Waals surface area (Å²) in [6.45, 7) is 0. The SMILES string of the molecule is O=c1ccccn1C1(n2ccccc2=O)CC1. The molecule has 86 valence electrons. The first-order chi connectivity index (χ1) is 8.24. The van der Waals surface area contributed by atoms with Gasteiger partial charge in [-0.05, 0) is 25.0 Å². The molecule has 0 bridgehead atoms. The summed E-state index contributed by atoms with van der Waals surface area (Å²) in [7, 11) is 0. The van der Waals surface area contributed by atoms with Gasteiger partial charge in [0.25, 0.3) is 11.1 Å². The number of rotatable bonds is 2. The van der Waals surface area contributed by atoms with E-state index in [1.807, 2.05) is 12.1 Å². The third-order valence-corrected chi connectivity index (χ3v) is 3.24. The molecular formula is C13H12N2O2. The van der Waals surface area contributed by atoms with Gasteiger partial charge in [-0.25, -0.2) is 0 Å². The van der Waals surface area contributed by atoms with Crippen LogP contribution in [0.2, 0.25) is 0 Å². The normalized spacial score (nSPS) is 16.7. The van der Waals surface area contributed by atoms with E-state index in [0.717, 1.165) is 12.8 Å². The Morgan fingerprint density at radius 1 is 0.824 bits per heavy atom. The minimum atomic E-state index is -0.476. The lowest BCUT2D eigenvalue weighted by molar-refractivity contribution is 0.382. The zero-order valence-electron chi connectivity index (χ0n) is 9.24. The van der Waals surface area contributed by atoms with Crippen LogP contribution in [0.1, 0.15) is 12.8 Å². The molecular weight excluding hydrogens is 216 g/mol. The van der Waals surface area contributed by atoms with Crippen molar-refractivity contribution in [2.75, 3.05) is 0 Å². The molecule has 17 heavy (non-hydrogen) atoms. The first-order valence-corrected chi connectivity index (χ1v) is 5.60. The highest BCUT2D eigenvalue weighted by molar-refractivity contribution is 5.10.